The number of aromatic hydroxyl groups is 1. The highest BCUT2D eigenvalue weighted by Gasteiger charge is 2.26. The molecule has 1 atom stereocenters. The lowest BCUT2D eigenvalue weighted by molar-refractivity contribution is -0.138. The number of anilines is 2. The predicted octanol–water partition coefficient (Wildman–Crippen LogP) is 2.35. The third-order valence-corrected chi connectivity index (χ3v) is 6.79. The number of carbonyl (C=O) groups is 1. The second-order valence-corrected chi connectivity index (χ2v) is 9.44. The van der Waals surface area contributed by atoms with Crippen molar-refractivity contribution in [2.24, 2.45) is 0 Å². The van der Waals surface area contributed by atoms with Gasteiger partial charge in [0.2, 0.25) is 0 Å². The van der Waals surface area contributed by atoms with Gasteiger partial charge in [0.15, 0.2) is 6.10 Å². The second-order valence-electron chi connectivity index (χ2n) is 7.76. The van der Waals surface area contributed by atoms with Crippen molar-refractivity contribution >= 4 is 27.4 Å². The van der Waals surface area contributed by atoms with Crippen molar-refractivity contribution in [1.29, 1.82) is 0 Å². The standard InChI is InChI=1S/C23H25N5O5S.H2/c1-17(33-20-6-4-19(29)5-7-20)23(30)28-14-12-27(13-15-28)18-2-8-21(9-3-18)34(31,32)26-22-10-11-24-16-25-22;/h2-11,16-17,29H,12-15H2,1H3,(H,24,25,26);1H. The van der Waals surface area contributed by atoms with Gasteiger partial charge in [-0.15, -0.1) is 0 Å². The first-order chi connectivity index (χ1) is 16.3. The van der Waals surface area contributed by atoms with Crippen molar-refractivity contribution in [2.45, 2.75) is 17.9 Å². The number of hydrogen-bond acceptors (Lipinski definition) is 8. The number of rotatable bonds is 7. The zero-order valence-electron chi connectivity index (χ0n) is 18.5. The molecular weight excluding hydrogens is 458 g/mol. The summed E-state index contributed by atoms with van der Waals surface area (Å²) >= 11 is 0. The molecule has 3 aromatic rings. The first kappa shape index (κ1) is 23.3. The van der Waals surface area contributed by atoms with Crippen LogP contribution in [0.3, 0.4) is 0 Å². The Balaban J connectivity index is 0.00000342. The molecule has 2 N–H and O–H groups in total. The number of piperazine rings is 1. The Labute approximate surface area is 199 Å². The van der Waals surface area contributed by atoms with Gasteiger partial charge in [0.1, 0.15) is 23.6 Å². The van der Waals surface area contributed by atoms with Crippen LogP contribution in [0, 0.1) is 0 Å². The van der Waals surface area contributed by atoms with Crippen LogP contribution >= 0.6 is 0 Å². The van der Waals surface area contributed by atoms with E-state index in [4.69, 9.17) is 4.74 Å². The second kappa shape index (κ2) is 9.96. The maximum absolute atomic E-state index is 12.8. The molecule has 4 rings (SSSR count). The number of nitrogens with one attached hydrogen (secondary N) is 1. The maximum Gasteiger partial charge on any atom is 0.263 e. The van der Waals surface area contributed by atoms with Gasteiger partial charge in [-0.05, 0) is 61.5 Å². The molecule has 0 bridgehead atoms. The Bertz CT molecular complexity index is 1220. The summed E-state index contributed by atoms with van der Waals surface area (Å²) in [6.07, 6.45) is 2.08. The number of carbonyl (C=O) groups excluding carboxylic acids is 1. The lowest BCUT2D eigenvalue weighted by Crippen LogP contribution is -2.52. The van der Waals surface area contributed by atoms with Gasteiger partial charge in [0, 0.05) is 39.5 Å². The number of phenols is 1. The van der Waals surface area contributed by atoms with E-state index in [2.05, 4.69) is 19.6 Å². The maximum atomic E-state index is 12.8. The predicted molar refractivity (Wildman–Crippen MR) is 128 cm³/mol. The summed E-state index contributed by atoms with van der Waals surface area (Å²) in [7, 11) is -3.76. The van der Waals surface area contributed by atoms with Gasteiger partial charge in [-0.3, -0.25) is 9.52 Å². The first-order valence-electron chi connectivity index (χ1n) is 10.7. The van der Waals surface area contributed by atoms with Crippen LogP contribution in [0.25, 0.3) is 0 Å². The number of sulfonamides is 1. The molecule has 2 heterocycles. The molecule has 10 nitrogen and oxygen atoms in total. The Hall–Kier alpha value is -3.86. The highest BCUT2D eigenvalue weighted by molar-refractivity contribution is 7.92. The molecule has 1 aromatic heterocycles. The normalized spacial score (nSPS) is 15.0. The fraction of sp³-hybridized carbons (Fsp3) is 0.261. The van der Waals surface area contributed by atoms with Crippen molar-refractivity contribution in [3.63, 3.8) is 0 Å². The molecule has 11 heteroatoms. The van der Waals surface area contributed by atoms with Gasteiger partial charge >= 0.3 is 0 Å². The molecule has 0 spiro atoms. The summed E-state index contributed by atoms with van der Waals surface area (Å²) in [6.45, 7) is 3.98. The van der Waals surface area contributed by atoms with Crippen LogP contribution in [0.1, 0.15) is 8.35 Å². The fourth-order valence-corrected chi connectivity index (χ4v) is 4.61. The van der Waals surface area contributed by atoms with Gasteiger partial charge in [0.25, 0.3) is 15.9 Å². The van der Waals surface area contributed by atoms with E-state index < -0.39 is 16.1 Å². The Kier molecular flexibility index (Phi) is 6.82. The van der Waals surface area contributed by atoms with E-state index in [1.807, 2.05) is 0 Å². The van der Waals surface area contributed by atoms with Crippen LogP contribution in [0.5, 0.6) is 11.5 Å². The van der Waals surface area contributed by atoms with E-state index in [-0.39, 0.29) is 23.8 Å². The highest BCUT2D eigenvalue weighted by Crippen LogP contribution is 2.22. The lowest BCUT2D eigenvalue weighted by atomic mass is 10.2. The number of benzene rings is 2. The minimum absolute atomic E-state index is 0. The number of hydrogen-bond donors (Lipinski definition) is 2. The van der Waals surface area contributed by atoms with Crippen molar-refractivity contribution in [1.82, 2.24) is 14.9 Å². The summed E-state index contributed by atoms with van der Waals surface area (Å²) in [6, 6.07) is 14.3. The molecular formula is C23H27N5O5S. The van der Waals surface area contributed by atoms with Crippen molar-refractivity contribution in [2.75, 3.05) is 35.8 Å². The summed E-state index contributed by atoms with van der Waals surface area (Å²) in [5.74, 6) is 0.741. The van der Waals surface area contributed by atoms with E-state index in [9.17, 15) is 18.3 Å². The lowest BCUT2D eigenvalue weighted by Gasteiger charge is -2.37. The molecule has 2 aromatic carbocycles. The smallest absolute Gasteiger partial charge is 0.263 e. The summed E-state index contributed by atoms with van der Waals surface area (Å²) in [5, 5.41) is 9.36. The van der Waals surface area contributed by atoms with Crippen LogP contribution in [-0.4, -0.2) is 66.6 Å². The topological polar surface area (TPSA) is 125 Å². The number of amides is 1. The van der Waals surface area contributed by atoms with Crippen molar-refractivity contribution < 1.29 is 24.5 Å². The Morgan fingerprint density at radius 3 is 2.35 bits per heavy atom. The zero-order valence-corrected chi connectivity index (χ0v) is 19.4. The van der Waals surface area contributed by atoms with Crippen LogP contribution in [0.15, 0.2) is 72.0 Å². The number of nitrogens with zero attached hydrogens (tertiary/aromatic N) is 4. The van der Waals surface area contributed by atoms with Crippen LogP contribution < -0.4 is 14.4 Å². The third-order valence-electron chi connectivity index (χ3n) is 5.42. The molecule has 1 aliphatic rings. The molecule has 180 valence electrons. The molecule has 0 saturated carbocycles. The largest absolute Gasteiger partial charge is 0.508 e. The van der Waals surface area contributed by atoms with E-state index in [0.717, 1.165) is 5.69 Å². The average molecular weight is 486 g/mol. The number of phenolic OH excluding ortho intramolecular Hbond substituents is 1. The molecule has 0 radical (unpaired) electrons. The molecule has 1 amide bonds. The van der Waals surface area contributed by atoms with E-state index in [0.29, 0.717) is 31.9 Å². The Morgan fingerprint density at radius 1 is 1.06 bits per heavy atom. The van der Waals surface area contributed by atoms with Crippen LogP contribution in [0.2, 0.25) is 0 Å². The van der Waals surface area contributed by atoms with E-state index in [1.54, 1.807) is 48.2 Å². The minimum Gasteiger partial charge on any atom is -0.508 e. The SMILES string of the molecule is CC(Oc1ccc(O)cc1)C(=O)N1CCN(c2ccc(S(=O)(=O)Nc3ccncn3)cc2)CC1.[HH]. The molecule has 34 heavy (non-hydrogen) atoms. The first-order valence-corrected chi connectivity index (χ1v) is 12.2. The van der Waals surface area contributed by atoms with E-state index in [1.165, 1.54) is 30.7 Å². The molecule has 0 aliphatic carbocycles. The van der Waals surface area contributed by atoms with Crippen molar-refractivity contribution in [3.05, 3.63) is 67.1 Å². The van der Waals surface area contributed by atoms with E-state index >= 15 is 0 Å². The average Bonchev–Trinajstić information content (AvgIpc) is 2.85. The molecule has 1 saturated heterocycles. The summed E-state index contributed by atoms with van der Waals surface area (Å²) < 4.78 is 33.2. The quantitative estimate of drug-likeness (QED) is 0.523. The Morgan fingerprint density at radius 2 is 1.74 bits per heavy atom. The summed E-state index contributed by atoms with van der Waals surface area (Å²) in [5.41, 5.74) is 0.876. The van der Waals surface area contributed by atoms with Crippen molar-refractivity contribution in [3.8, 4) is 11.5 Å². The highest BCUT2D eigenvalue weighted by atomic mass is 32.2. The number of aromatic nitrogens is 2. The van der Waals surface area contributed by atoms with Crippen LogP contribution in [-0.2, 0) is 14.8 Å². The minimum atomic E-state index is -3.76. The summed E-state index contributed by atoms with van der Waals surface area (Å²) in [4.78, 5) is 24.4. The fourth-order valence-electron chi connectivity index (χ4n) is 3.61. The van der Waals surface area contributed by atoms with Gasteiger partial charge in [0.05, 0.1) is 4.90 Å². The third kappa shape index (κ3) is 5.54. The monoisotopic (exact) mass is 485 g/mol. The molecule has 1 unspecified atom stereocenters. The zero-order chi connectivity index (χ0) is 24.1. The van der Waals surface area contributed by atoms with Gasteiger partial charge in [-0.2, -0.15) is 0 Å². The molecule has 1 aliphatic heterocycles. The van der Waals surface area contributed by atoms with Gasteiger partial charge in [-0.25, -0.2) is 18.4 Å². The molecule has 1 fully saturated rings. The van der Waals surface area contributed by atoms with Gasteiger partial charge < -0.3 is 19.6 Å². The van der Waals surface area contributed by atoms with Crippen LogP contribution in [0.4, 0.5) is 11.5 Å². The van der Waals surface area contributed by atoms with Gasteiger partial charge in [-0.1, -0.05) is 0 Å². The number of ether oxygens (including phenoxy) is 1.